The number of carbonyl (C=O) groups excluding carboxylic acids is 2. The smallest absolute Gasteiger partial charge is 0.326 e. The molecule has 0 aromatic carbocycles. The number of aromatic nitrogens is 2. The van der Waals surface area contributed by atoms with E-state index in [2.05, 4.69) is 20.6 Å². The summed E-state index contributed by atoms with van der Waals surface area (Å²) in [5, 5.41) is 13.8. The Hall–Kier alpha value is -2.58. The van der Waals surface area contributed by atoms with Gasteiger partial charge in [0.05, 0.1) is 6.33 Å². The molecule has 0 saturated heterocycles. The zero-order valence-corrected chi connectivity index (χ0v) is 11.8. The number of urea groups is 1. The number of nitrogens with one attached hydrogen (secondary N) is 3. The molecule has 0 radical (unpaired) electrons. The highest BCUT2D eigenvalue weighted by Crippen LogP contribution is 2.04. The Bertz CT molecular complexity index is 500. The summed E-state index contributed by atoms with van der Waals surface area (Å²) in [7, 11) is 0. The molecule has 0 aliphatic carbocycles. The molecule has 6 N–H and O–H groups in total. The largest absolute Gasteiger partial charge is 0.480 e. The fourth-order valence-electron chi connectivity index (χ4n) is 1.77. The van der Waals surface area contributed by atoms with E-state index in [0.717, 1.165) is 0 Å². The minimum Gasteiger partial charge on any atom is -0.480 e. The van der Waals surface area contributed by atoms with E-state index >= 15 is 0 Å². The van der Waals surface area contributed by atoms with E-state index in [1.54, 1.807) is 13.8 Å². The molecule has 2 atom stereocenters. The molecule has 0 aliphatic heterocycles. The minimum absolute atomic E-state index is 0.0580. The van der Waals surface area contributed by atoms with Gasteiger partial charge >= 0.3 is 12.0 Å². The van der Waals surface area contributed by atoms with Crippen LogP contribution in [0.2, 0.25) is 0 Å². The molecule has 0 bridgehead atoms. The molecule has 0 aliphatic rings. The summed E-state index contributed by atoms with van der Waals surface area (Å²) in [6, 6.07) is -2.87. The second-order valence-electron chi connectivity index (χ2n) is 4.91. The first-order valence-corrected chi connectivity index (χ1v) is 6.37. The van der Waals surface area contributed by atoms with Crippen LogP contribution in [0, 0.1) is 5.92 Å². The minimum atomic E-state index is -1.18. The van der Waals surface area contributed by atoms with Crippen molar-refractivity contribution < 1.29 is 19.5 Å². The van der Waals surface area contributed by atoms with Crippen molar-refractivity contribution >= 4 is 17.9 Å². The third-order valence-electron chi connectivity index (χ3n) is 2.84. The van der Waals surface area contributed by atoms with Gasteiger partial charge in [0.25, 0.3) is 0 Å². The van der Waals surface area contributed by atoms with Crippen molar-refractivity contribution in [2.45, 2.75) is 32.4 Å². The zero-order valence-electron chi connectivity index (χ0n) is 11.8. The maximum absolute atomic E-state index is 12.1. The number of hydrogen-bond donors (Lipinski definition) is 5. The predicted octanol–water partition coefficient (Wildman–Crippen LogP) is -0.785. The third-order valence-corrected chi connectivity index (χ3v) is 2.84. The molecule has 3 amide bonds. The van der Waals surface area contributed by atoms with E-state index in [1.807, 2.05) is 0 Å². The summed E-state index contributed by atoms with van der Waals surface area (Å²) in [5.41, 5.74) is 5.59. The number of rotatable bonds is 7. The number of H-pyrrole nitrogens is 1. The number of amides is 3. The standard InChI is InChI=1S/C12H19N5O4/c1-6(2)9(17-12(13)21)10(18)16-8(11(19)20)3-7-4-14-5-15-7/h4-6,8-9H,3H2,1-2H3,(H,14,15)(H,16,18)(H,19,20)(H3,13,17,21)/t8-,9?/m1/s1. The molecule has 9 nitrogen and oxygen atoms in total. The van der Waals surface area contributed by atoms with Gasteiger partial charge < -0.3 is 26.5 Å². The first kappa shape index (κ1) is 16.5. The van der Waals surface area contributed by atoms with Crippen molar-refractivity contribution in [3.63, 3.8) is 0 Å². The summed E-state index contributed by atoms with van der Waals surface area (Å²) >= 11 is 0. The Labute approximate surface area is 121 Å². The van der Waals surface area contributed by atoms with E-state index in [9.17, 15) is 14.4 Å². The number of imidazole rings is 1. The van der Waals surface area contributed by atoms with Crippen molar-refractivity contribution in [2.24, 2.45) is 11.7 Å². The fourth-order valence-corrected chi connectivity index (χ4v) is 1.77. The van der Waals surface area contributed by atoms with Crippen LogP contribution in [-0.4, -0.2) is 45.1 Å². The van der Waals surface area contributed by atoms with Gasteiger partial charge in [0, 0.05) is 18.3 Å². The van der Waals surface area contributed by atoms with E-state index in [0.29, 0.717) is 5.69 Å². The summed E-state index contributed by atoms with van der Waals surface area (Å²) in [6.45, 7) is 3.43. The molecule has 1 aromatic rings. The molecule has 21 heavy (non-hydrogen) atoms. The first-order chi connectivity index (χ1) is 9.81. The van der Waals surface area contributed by atoms with Crippen LogP contribution in [0.4, 0.5) is 4.79 Å². The van der Waals surface area contributed by atoms with Crippen LogP contribution in [0.25, 0.3) is 0 Å². The van der Waals surface area contributed by atoms with E-state index in [-0.39, 0.29) is 12.3 Å². The second kappa shape index (κ2) is 7.27. The molecule has 0 saturated carbocycles. The molecule has 9 heteroatoms. The zero-order chi connectivity index (χ0) is 16.0. The Morgan fingerprint density at radius 1 is 1.38 bits per heavy atom. The van der Waals surface area contributed by atoms with Crippen LogP contribution in [0.5, 0.6) is 0 Å². The monoisotopic (exact) mass is 297 g/mol. The van der Waals surface area contributed by atoms with Gasteiger partial charge in [0.15, 0.2) is 0 Å². The second-order valence-corrected chi connectivity index (χ2v) is 4.91. The number of hydrogen-bond acceptors (Lipinski definition) is 4. The van der Waals surface area contributed by atoms with Gasteiger partial charge in [-0.15, -0.1) is 0 Å². The summed E-state index contributed by atoms with van der Waals surface area (Å²) in [4.78, 5) is 40.8. The van der Waals surface area contributed by atoms with E-state index in [1.165, 1.54) is 12.5 Å². The average Bonchev–Trinajstić information content (AvgIpc) is 2.87. The van der Waals surface area contributed by atoms with Gasteiger partial charge in [0.1, 0.15) is 12.1 Å². The quantitative estimate of drug-likeness (QED) is 0.447. The summed E-state index contributed by atoms with van der Waals surface area (Å²) < 4.78 is 0. The lowest BCUT2D eigenvalue weighted by Crippen LogP contribution is -2.55. The highest BCUT2D eigenvalue weighted by molar-refractivity contribution is 5.90. The molecule has 0 fully saturated rings. The topological polar surface area (TPSA) is 150 Å². The highest BCUT2D eigenvalue weighted by atomic mass is 16.4. The van der Waals surface area contributed by atoms with Crippen LogP contribution in [-0.2, 0) is 16.0 Å². The average molecular weight is 297 g/mol. The van der Waals surface area contributed by atoms with Crippen LogP contribution in [0.1, 0.15) is 19.5 Å². The molecule has 1 aromatic heterocycles. The maximum atomic E-state index is 12.1. The number of aromatic amines is 1. The van der Waals surface area contributed by atoms with E-state index in [4.69, 9.17) is 10.8 Å². The SMILES string of the molecule is CC(C)C(NC(N)=O)C(=O)N[C@H](Cc1cnc[nH]1)C(=O)O. The van der Waals surface area contributed by atoms with E-state index < -0.39 is 30.0 Å². The van der Waals surface area contributed by atoms with Gasteiger partial charge in [-0.2, -0.15) is 0 Å². The van der Waals surface area contributed by atoms with Crippen LogP contribution >= 0.6 is 0 Å². The maximum Gasteiger partial charge on any atom is 0.326 e. The van der Waals surface area contributed by atoms with Gasteiger partial charge in [0.2, 0.25) is 5.91 Å². The number of carboxylic acids is 1. The lowest BCUT2D eigenvalue weighted by Gasteiger charge is -2.23. The van der Waals surface area contributed by atoms with Crippen molar-refractivity contribution in [1.82, 2.24) is 20.6 Å². The number of nitrogens with zero attached hydrogens (tertiary/aromatic N) is 1. The lowest BCUT2D eigenvalue weighted by molar-refractivity contribution is -0.142. The van der Waals surface area contributed by atoms with Gasteiger partial charge in [-0.3, -0.25) is 4.79 Å². The van der Waals surface area contributed by atoms with Crippen molar-refractivity contribution in [3.8, 4) is 0 Å². The van der Waals surface area contributed by atoms with Gasteiger partial charge in [-0.05, 0) is 5.92 Å². The molecule has 1 heterocycles. The summed E-state index contributed by atoms with van der Waals surface area (Å²) in [5.74, 6) is -2.02. The van der Waals surface area contributed by atoms with Crippen molar-refractivity contribution in [2.75, 3.05) is 0 Å². The Morgan fingerprint density at radius 2 is 2.05 bits per heavy atom. The Kier molecular flexibility index (Phi) is 5.70. The molecular formula is C12H19N5O4. The molecular weight excluding hydrogens is 278 g/mol. The number of primary amides is 1. The Morgan fingerprint density at radius 3 is 2.48 bits per heavy atom. The predicted molar refractivity (Wildman–Crippen MR) is 73.2 cm³/mol. The molecule has 0 spiro atoms. The fraction of sp³-hybridized carbons (Fsp3) is 0.500. The third kappa shape index (κ3) is 5.13. The normalized spacial score (nSPS) is 13.5. The van der Waals surface area contributed by atoms with Gasteiger partial charge in [-0.25, -0.2) is 14.6 Å². The molecule has 1 unspecified atom stereocenters. The number of carbonyl (C=O) groups is 3. The van der Waals surface area contributed by atoms with Gasteiger partial charge in [-0.1, -0.05) is 13.8 Å². The van der Waals surface area contributed by atoms with Crippen molar-refractivity contribution in [1.29, 1.82) is 0 Å². The lowest BCUT2D eigenvalue weighted by atomic mass is 10.0. The number of aliphatic carboxylic acids is 1. The Balaban J connectivity index is 2.74. The number of nitrogens with two attached hydrogens (primary N) is 1. The van der Waals surface area contributed by atoms with Crippen LogP contribution < -0.4 is 16.4 Å². The molecule has 1 rings (SSSR count). The van der Waals surface area contributed by atoms with Crippen molar-refractivity contribution in [3.05, 3.63) is 18.2 Å². The van der Waals surface area contributed by atoms with Crippen LogP contribution in [0.15, 0.2) is 12.5 Å². The highest BCUT2D eigenvalue weighted by Gasteiger charge is 2.28. The summed E-state index contributed by atoms with van der Waals surface area (Å²) in [6.07, 6.45) is 2.95. The first-order valence-electron chi connectivity index (χ1n) is 6.37. The molecule has 116 valence electrons. The number of carboxylic acid groups (broad SMARTS) is 1. The van der Waals surface area contributed by atoms with Crippen LogP contribution in [0.3, 0.4) is 0 Å².